The van der Waals surface area contributed by atoms with E-state index in [2.05, 4.69) is 18.2 Å². The van der Waals surface area contributed by atoms with Crippen LogP contribution in [0, 0.1) is 0 Å². The standard InChI is InChI=1S/C34H46N2O4/c1-34(2,3)40-33(38)28-19-17-26(23-30(28)25-15-11-12-16-25)32-29-20-18-27(24-31(29)36(4)35-32)39-22-14-10-8-6-5-7-9-13-21-37/h17-21,23-25H,5-16,22H2,1-4H3. The highest BCUT2D eigenvalue weighted by atomic mass is 16.6. The molecule has 2 aromatic carbocycles. The minimum absolute atomic E-state index is 0.247. The van der Waals surface area contributed by atoms with Crippen LogP contribution in [0.5, 0.6) is 5.75 Å². The fourth-order valence-electron chi connectivity index (χ4n) is 5.75. The van der Waals surface area contributed by atoms with Crippen molar-refractivity contribution in [3.05, 3.63) is 47.5 Å². The van der Waals surface area contributed by atoms with E-state index in [4.69, 9.17) is 14.6 Å². The second kappa shape index (κ2) is 14.0. The lowest BCUT2D eigenvalue weighted by Crippen LogP contribution is -2.24. The van der Waals surface area contributed by atoms with E-state index in [1.165, 1.54) is 32.1 Å². The average Bonchev–Trinajstić information content (AvgIpc) is 3.57. The summed E-state index contributed by atoms with van der Waals surface area (Å²) in [6.45, 7) is 6.44. The van der Waals surface area contributed by atoms with Crippen LogP contribution < -0.4 is 4.74 Å². The van der Waals surface area contributed by atoms with Gasteiger partial charge in [0.1, 0.15) is 23.3 Å². The molecular formula is C34H46N2O4. The zero-order valence-electron chi connectivity index (χ0n) is 24.8. The van der Waals surface area contributed by atoms with Crippen molar-refractivity contribution in [2.45, 2.75) is 109 Å². The Balaban J connectivity index is 1.44. The molecule has 0 amide bonds. The van der Waals surface area contributed by atoms with Crippen molar-refractivity contribution < 1.29 is 19.1 Å². The number of esters is 1. The normalized spacial score (nSPS) is 14.1. The Morgan fingerprint density at radius 3 is 2.38 bits per heavy atom. The topological polar surface area (TPSA) is 70.4 Å². The minimum atomic E-state index is -0.530. The summed E-state index contributed by atoms with van der Waals surface area (Å²) in [7, 11) is 1.97. The van der Waals surface area contributed by atoms with E-state index >= 15 is 0 Å². The Hall–Kier alpha value is -3.15. The van der Waals surface area contributed by atoms with Crippen LogP contribution in [0.15, 0.2) is 36.4 Å². The molecule has 0 aliphatic heterocycles. The number of aldehydes is 1. The number of rotatable bonds is 14. The van der Waals surface area contributed by atoms with E-state index in [1.54, 1.807) is 0 Å². The molecular weight excluding hydrogens is 500 g/mol. The van der Waals surface area contributed by atoms with E-state index in [1.807, 2.05) is 50.7 Å². The van der Waals surface area contributed by atoms with Gasteiger partial charge in [0.2, 0.25) is 0 Å². The monoisotopic (exact) mass is 546 g/mol. The number of hydrogen-bond acceptors (Lipinski definition) is 5. The summed E-state index contributed by atoms with van der Waals surface area (Å²) in [4.78, 5) is 23.5. The first-order valence-corrected chi connectivity index (χ1v) is 15.2. The first kappa shape index (κ1) is 29.8. The molecule has 1 aromatic heterocycles. The number of hydrogen-bond donors (Lipinski definition) is 0. The number of aromatic nitrogens is 2. The lowest BCUT2D eigenvalue weighted by molar-refractivity contribution is -0.107. The molecule has 216 valence electrons. The number of fused-ring (bicyclic) bond motifs is 1. The Bertz CT molecular complexity index is 1280. The molecule has 1 fully saturated rings. The third kappa shape index (κ3) is 7.96. The van der Waals surface area contributed by atoms with Crippen LogP contribution in [0.3, 0.4) is 0 Å². The molecule has 0 saturated heterocycles. The number of nitrogens with zero attached hydrogens (tertiary/aromatic N) is 2. The van der Waals surface area contributed by atoms with Gasteiger partial charge in [-0.05, 0) is 82.2 Å². The molecule has 4 rings (SSSR count). The molecule has 3 aromatic rings. The zero-order chi connectivity index (χ0) is 28.5. The van der Waals surface area contributed by atoms with Crippen molar-refractivity contribution in [3.8, 4) is 17.0 Å². The third-order valence-corrected chi connectivity index (χ3v) is 7.80. The Kier molecular flexibility index (Phi) is 10.4. The Morgan fingerprint density at radius 1 is 0.975 bits per heavy atom. The van der Waals surface area contributed by atoms with Gasteiger partial charge in [-0.1, -0.05) is 51.0 Å². The van der Waals surface area contributed by atoms with Gasteiger partial charge in [-0.2, -0.15) is 5.10 Å². The summed E-state index contributed by atoms with van der Waals surface area (Å²) in [5, 5.41) is 5.96. The van der Waals surface area contributed by atoms with Gasteiger partial charge in [0.25, 0.3) is 0 Å². The first-order chi connectivity index (χ1) is 19.3. The van der Waals surface area contributed by atoms with Crippen LogP contribution >= 0.6 is 0 Å². The molecule has 0 N–H and O–H groups in total. The molecule has 6 nitrogen and oxygen atoms in total. The quantitative estimate of drug-likeness (QED) is 0.115. The minimum Gasteiger partial charge on any atom is -0.494 e. The van der Waals surface area contributed by atoms with Crippen molar-refractivity contribution in [2.24, 2.45) is 7.05 Å². The average molecular weight is 547 g/mol. The highest BCUT2D eigenvalue weighted by Crippen LogP contribution is 2.39. The van der Waals surface area contributed by atoms with E-state index in [0.717, 1.165) is 78.3 Å². The maximum Gasteiger partial charge on any atom is 0.338 e. The van der Waals surface area contributed by atoms with Crippen LogP contribution in [0.4, 0.5) is 0 Å². The predicted molar refractivity (Wildman–Crippen MR) is 161 cm³/mol. The second-order valence-electron chi connectivity index (χ2n) is 12.2. The molecule has 0 spiro atoms. The van der Waals surface area contributed by atoms with Crippen molar-refractivity contribution in [1.82, 2.24) is 9.78 Å². The number of benzene rings is 2. The second-order valence-corrected chi connectivity index (χ2v) is 12.2. The molecule has 6 heteroatoms. The van der Waals surface area contributed by atoms with Crippen molar-refractivity contribution in [3.63, 3.8) is 0 Å². The van der Waals surface area contributed by atoms with E-state index in [0.29, 0.717) is 24.5 Å². The number of unbranched alkanes of at least 4 members (excludes halogenated alkanes) is 7. The Labute approximate surface area is 239 Å². The molecule has 1 aliphatic rings. The molecule has 1 heterocycles. The molecule has 0 bridgehead atoms. The summed E-state index contributed by atoms with van der Waals surface area (Å²) in [5.74, 6) is 0.992. The van der Waals surface area contributed by atoms with E-state index in [-0.39, 0.29) is 5.97 Å². The number of carbonyl (C=O) groups is 2. The molecule has 0 radical (unpaired) electrons. The zero-order valence-corrected chi connectivity index (χ0v) is 24.8. The van der Waals surface area contributed by atoms with Gasteiger partial charge >= 0.3 is 5.97 Å². The summed E-state index contributed by atoms with van der Waals surface area (Å²) < 4.78 is 13.7. The van der Waals surface area contributed by atoms with Crippen LogP contribution in [-0.4, -0.2) is 34.2 Å². The van der Waals surface area contributed by atoms with E-state index in [9.17, 15) is 9.59 Å². The summed E-state index contributed by atoms with van der Waals surface area (Å²) in [6.07, 6.45) is 14.3. The molecule has 1 aliphatic carbocycles. The lowest BCUT2D eigenvalue weighted by atomic mass is 9.90. The summed E-state index contributed by atoms with van der Waals surface area (Å²) >= 11 is 0. The Morgan fingerprint density at radius 2 is 1.68 bits per heavy atom. The van der Waals surface area contributed by atoms with Gasteiger partial charge in [-0.25, -0.2) is 4.79 Å². The fourth-order valence-corrected chi connectivity index (χ4v) is 5.75. The number of carbonyl (C=O) groups excluding carboxylic acids is 2. The molecule has 0 atom stereocenters. The van der Waals surface area contributed by atoms with Gasteiger partial charge in [0.05, 0.1) is 17.7 Å². The lowest BCUT2D eigenvalue weighted by Gasteiger charge is -2.22. The molecule has 0 unspecified atom stereocenters. The SMILES string of the molecule is Cn1nc(-c2ccc(C(=O)OC(C)(C)C)c(C3CCCC3)c2)c2ccc(OCCCCCCCCCC=O)cc21. The summed E-state index contributed by atoms with van der Waals surface area (Å²) in [5.41, 5.74) is 4.22. The number of ether oxygens (including phenoxy) is 2. The van der Waals surface area contributed by atoms with Gasteiger partial charge in [0, 0.05) is 30.5 Å². The number of aryl methyl sites for hydroxylation is 1. The maximum absolute atomic E-state index is 13.1. The predicted octanol–water partition coefficient (Wildman–Crippen LogP) is 8.55. The van der Waals surface area contributed by atoms with Crippen LogP contribution in [0.25, 0.3) is 22.2 Å². The first-order valence-electron chi connectivity index (χ1n) is 15.2. The largest absolute Gasteiger partial charge is 0.494 e. The maximum atomic E-state index is 13.1. The van der Waals surface area contributed by atoms with Gasteiger partial charge in [0.15, 0.2) is 0 Å². The van der Waals surface area contributed by atoms with Gasteiger partial charge < -0.3 is 14.3 Å². The highest BCUT2D eigenvalue weighted by Gasteiger charge is 2.27. The van der Waals surface area contributed by atoms with Crippen molar-refractivity contribution in [1.29, 1.82) is 0 Å². The molecule has 40 heavy (non-hydrogen) atoms. The highest BCUT2D eigenvalue weighted by molar-refractivity contribution is 5.96. The molecule has 1 saturated carbocycles. The van der Waals surface area contributed by atoms with Gasteiger partial charge in [-0.15, -0.1) is 0 Å². The smallest absolute Gasteiger partial charge is 0.338 e. The van der Waals surface area contributed by atoms with Gasteiger partial charge in [-0.3, -0.25) is 4.68 Å². The third-order valence-electron chi connectivity index (χ3n) is 7.80. The van der Waals surface area contributed by atoms with Crippen LogP contribution in [0.2, 0.25) is 0 Å². The van der Waals surface area contributed by atoms with Crippen molar-refractivity contribution in [2.75, 3.05) is 6.61 Å². The van der Waals surface area contributed by atoms with Crippen LogP contribution in [0.1, 0.15) is 120 Å². The van der Waals surface area contributed by atoms with Crippen molar-refractivity contribution >= 4 is 23.2 Å². The summed E-state index contributed by atoms with van der Waals surface area (Å²) in [6, 6.07) is 12.3. The van der Waals surface area contributed by atoms with Crippen LogP contribution in [-0.2, 0) is 16.6 Å². The van der Waals surface area contributed by atoms with E-state index < -0.39 is 5.60 Å². The fraction of sp³-hybridized carbons (Fsp3) is 0.559.